The summed E-state index contributed by atoms with van der Waals surface area (Å²) in [5.41, 5.74) is 0. The van der Waals surface area contributed by atoms with Crippen molar-refractivity contribution in [1.29, 1.82) is 0 Å². The molecule has 1 unspecified atom stereocenters. The summed E-state index contributed by atoms with van der Waals surface area (Å²) >= 11 is 0. The van der Waals surface area contributed by atoms with Gasteiger partial charge < -0.3 is 4.55 Å². The molecule has 0 aliphatic heterocycles. The number of rotatable bonds is 3. The molecule has 0 amide bonds. The van der Waals surface area contributed by atoms with Crippen LogP contribution in [-0.4, -0.2) is 25.3 Å². The van der Waals surface area contributed by atoms with Crippen LogP contribution in [0, 0.1) is 0 Å². The molecule has 0 radical (unpaired) electrons. The molecule has 0 N–H and O–H groups in total. The third kappa shape index (κ3) is 4.52. The molecule has 0 saturated heterocycles. The molecule has 0 fully saturated rings. The zero-order valence-electron chi connectivity index (χ0n) is 5.96. The van der Waals surface area contributed by atoms with Gasteiger partial charge in [0.25, 0.3) is 0 Å². The Hall–Kier alpha value is -0.340. The molecule has 0 spiro atoms. The second-order valence-corrected chi connectivity index (χ2v) is 2.95. The standard InChI is InChI=1S/C4H7F3O4S/c1-2-3(4(5,6)7)11-12(8,9)10/h3H,2H2,1H3,(H,8,9,10)/p-1. The van der Waals surface area contributed by atoms with Gasteiger partial charge in [-0.3, -0.25) is 4.18 Å². The van der Waals surface area contributed by atoms with Crippen molar-refractivity contribution in [2.45, 2.75) is 25.6 Å². The number of alkyl halides is 3. The molecule has 0 aromatic rings. The Labute approximate surface area is 67.3 Å². The molecule has 8 heteroatoms. The predicted octanol–water partition coefficient (Wildman–Crippen LogP) is 0.804. The van der Waals surface area contributed by atoms with Crippen molar-refractivity contribution in [1.82, 2.24) is 0 Å². The van der Waals surface area contributed by atoms with Crippen molar-refractivity contribution in [2.75, 3.05) is 0 Å². The molecule has 0 aromatic heterocycles. The largest absolute Gasteiger partial charge is 0.726 e. The van der Waals surface area contributed by atoms with Gasteiger partial charge in [-0.1, -0.05) is 6.92 Å². The maximum absolute atomic E-state index is 11.7. The number of halogens is 3. The normalized spacial score (nSPS) is 16.1. The predicted molar refractivity (Wildman–Crippen MR) is 30.9 cm³/mol. The molecule has 0 rings (SSSR count). The Bertz CT molecular complexity index is 231. The first kappa shape index (κ1) is 11.7. The van der Waals surface area contributed by atoms with Crippen molar-refractivity contribution < 1.29 is 30.3 Å². The minimum absolute atomic E-state index is 0.620. The van der Waals surface area contributed by atoms with Crippen LogP contribution in [0.3, 0.4) is 0 Å². The Morgan fingerprint density at radius 3 is 2.00 bits per heavy atom. The van der Waals surface area contributed by atoms with Gasteiger partial charge in [-0.05, 0) is 6.42 Å². The highest BCUT2D eigenvalue weighted by Gasteiger charge is 2.40. The van der Waals surface area contributed by atoms with Gasteiger partial charge >= 0.3 is 6.18 Å². The van der Waals surface area contributed by atoms with Gasteiger partial charge in [-0.2, -0.15) is 13.2 Å². The molecule has 4 nitrogen and oxygen atoms in total. The average molecular weight is 207 g/mol. The lowest BCUT2D eigenvalue weighted by molar-refractivity contribution is -0.196. The molecular weight excluding hydrogens is 201 g/mol. The van der Waals surface area contributed by atoms with Crippen LogP contribution in [0.1, 0.15) is 13.3 Å². The lowest BCUT2D eigenvalue weighted by Crippen LogP contribution is -2.33. The Balaban J connectivity index is 4.41. The van der Waals surface area contributed by atoms with Crippen molar-refractivity contribution in [2.24, 2.45) is 0 Å². The topological polar surface area (TPSA) is 66.4 Å². The van der Waals surface area contributed by atoms with Crippen LogP contribution in [0.25, 0.3) is 0 Å². The molecule has 0 heterocycles. The van der Waals surface area contributed by atoms with E-state index in [1.165, 1.54) is 0 Å². The van der Waals surface area contributed by atoms with E-state index in [-0.39, 0.29) is 0 Å². The smallest absolute Gasteiger partial charge is 0.416 e. The maximum atomic E-state index is 11.7. The quantitative estimate of drug-likeness (QED) is 0.507. The van der Waals surface area contributed by atoms with Gasteiger partial charge in [0.05, 0.1) is 0 Å². The van der Waals surface area contributed by atoms with E-state index >= 15 is 0 Å². The van der Waals surface area contributed by atoms with Crippen molar-refractivity contribution in [3.8, 4) is 0 Å². The molecule has 74 valence electrons. The van der Waals surface area contributed by atoms with Gasteiger partial charge in [-0.25, -0.2) is 8.42 Å². The highest BCUT2D eigenvalue weighted by atomic mass is 32.3. The van der Waals surface area contributed by atoms with Crippen LogP contribution < -0.4 is 0 Å². The Morgan fingerprint density at radius 2 is 1.92 bits per heavy atom. The summed E-state index contributed by atoms with van der Waals surface area (Å²) in [5.74, 6) is 0. The van der Waals surface area contributed by atoms with Crippen LogP contribution in [0.5, 0.6) is 0 Å². The van der Waals surface area contributed by atoms with Gasteiger partial charge in [0, 0.05) is 0 Å². The van der Waals surface area contributed by atoms with Crippen molar-refractivity contribution in [3.63, 3.8) is 0 Å². The summed E-state index contributed by atoms with van der Waals surface area (Å²) in [6.07, 6.45) is -7.99. The van der Waals surface area contributed by atoms with Crippen LogP contribution in [0.4, 0.5) is 13.2 Å². The van der Waals surface area contributed by atoms with E-state index in [4.69, 9.17) is 0 Å². The minimum atomic E-state index is -5.29. The Kier molecular flexibility index (Phi) is 3.48. The lowest BCUT2D eigenvalue weighted by Gasteiger charge is -2.19. The summed E-state index contributed by atoms with van der Waals surface area (Å²) in [6.45, 7) is 1.06. The number of hydrogen-bond donors (Lipinski definition) is 0. The summed E-state index contributed by atoms with van der Waals surface area (Å²) in [5, 5.41) is 0. The van der Waals surface area contributed by atoms with E-state index in [0.717, 1.165) is 6.92 Å². The molecule has 12 heavy (non-hydrogen) atoms. The maximum Gasteiger partial charge on any atom is 0.416 e. The zero-order valence-corrected chi connectivity index (χ0v) is 6.78. The first-order valence-electron chi connectivity index (χ1n) is 2.87. The van der Waals surface area contributed by atoms with Crippen LogP contribution >= 0.6 is 0 Å². The third-order valence-electron chi connectivity index (χ3n) is 0.970. The van der Waals surface area contributed by atoms with Gasteiger partial charge in [0.2, 0.25) is 10.4 Å². The van der Waals surface area contributed by atoms with Crippen LogP contribution in [-0.2, 0) is 14.6 Å². The van der Waals surface area contributed by atoms with Crippen LogP contribution in [0.15, 0.2) is 0 Å². The molecule has 0 aliphatic rings. The Morgan fingerprint density at radius 1 is 1.50 bits per heavy atom. The lowest BCUT2D eigenvalue weighted by atomic mass is 10.3. The summed E-state index contributed by atoms with van der Waals surface area (Å²) in [4.78, 5) is 0. The van der Waals surface area contributed by atoms with Crippen molar-refractivity contribution >= 4 is 10.4 Å². The monoisotopic (exact) mass is 207 g/mol. The van der Waals surface area contributed by atoms with E-state index in [0.29, 0.717) is 0 Å². The van der Waals surface area contributed by atoms with Gasteiger partial charge in [-0.15, -0.1) is 0 Å². The van der Waals surface area contributed by atoms with Gasteiger partial charge in [0.1, 0.15) is 0 Å². The van der Waals surface area contributed by atoms with E-state index in [2.05, 4.69) is 4.18 Å². The number of hydrogen-bond acceptors (Lipinski definition) is 4. The fraction of sp³-hybridized carbons (Fsp3) is 1.00. The van der Waals surface area contributed by atoms with E-state index in [9.17, 15) is 26.1 Å². The molecule has 0 bridgehead atoms. The highest BCUT2D eigenvalue weighted by Crippen LogP contribution is 2.25. The molecule has 0 aromatic carbocycles. The second kappa shape index (κ2) is 3.58. The first-order chi connectivity index (χ1) is 5.17. The minimum Gasteiger partial charge on any atom is -0.726 e. The molecule has 1 atom stereocenters. The average Bonchev–Trinajstić information content (AvgIpc) is 1.78. The highest BCUT2D eigenvalue weighted by molar-refractivity contribution is 7.80. The molecular formula is C4H6F3O4S-. The summed E-state index contributed by atoms with van der Waals surface area (Å²) in [6, 6.07) is 0. The third-order valence-corrected chi connectivity index (χ3v) is 1.44. The SMILES string of the molecule is CCC(OS(=O)(=O)[O-])C(F)(F)F. The second-order valence-electron chi connectivity index (χ2n) is 1.94. The van der Waals surface area contributed by atoms with E-state index < -0.39 is 29.1 Å². The van der Waals surface area contributed by atoms with E-state index in [1.54, 1.807) is 0 Å². The zero-order chi connectivity index (χ0) is 9.99. The van der Waals surface area contributed by atoms with Crippen molar-refractivity contribution in [3.05, 3.63) is 0 Å². The van der Waals surface area contributed by atoms with Crippen LogP contribution in [0.2, 0.25) is 0 Å². The van der Waals surface area contributed by atoms with E-state index in [1.807, 2.05) is 0 Å². The fourth-order valence-electron chi connectivity index (χ4n) is 0.496. The van der Waals surface area contributed by atoms with Gasteiger partial charge in [0.15, 0.2) is 6.10 Å². The first-order valence-corrected chi connectivity index (χ1v) is 4.21. The molecule has 0 aliphatic carbocycles. The summed E-state index contributed by atoms with van der Waals surface area (Å²) < 4.78 is 67.7. The fourth-order valence-corrected chi connectivity index (χ4v) is 1.03. The summed E-state index contributed by atoms with van der Waals surface area (Å²) in [7, 11) is -5.29. The molecule has 0 saturated carbocycles.